The van der Waals surface area contributed by atoms with Gasteiger partial charge in [-0.1, -0.05) is 17.7 Å². The molecule has 2 aromatic heterocycles. The third-order valence-corrected chi connectivity index (χ3v) is 9.34. The maximum Gasteiger partial charge on any atom is 0.255 e. The van der Waals surface area contributed by atoms with Gasteiger partial charge in [-0.05, 0) is 118 Å². The van der Waals surface area contributed by atoms with Crippen molar-refractivity contribution in [2.24, 2.45) is 0 Å². The number of rotatable bonds is 11. The van der Waals surface area contributed by atoms with Crippen LogP contribution < -0.4 is 30.4 Å². The van der Waals surface area contributed by atoms with Crippen LogP contribution in [0.1, 0.15) is 60.8 Å². The first kappa shape index (κ1) is 41.1. The standard InChI is InChI=1S/C36H32N6O4.C7H8O3S/c1-3-41-21-5-7-31(23-41)39-35(45)27-13-17-29(18-14-27)37-33(43)25-9-11-26(12-10-25)34(44)38-30-19-15-28(16-20-30)36(46)40-32-8-6-22-42(4-2)24-32;1-6-2-4-7(5-3-6)11(8,9)10/h5-24H,3-4H2,1-2H3,(H2-2,37,38,39,40,43,44,45,46);2-5H,1H3,(H,8,9,10)/p+1. The van der Waals surface area contributed by atoms with Gasteiger partial charge >= 0.3 is 0 Å². The molecule has 0 fully saturated rings. The molecule has 6 rings (SSSR count). The normalized spacial score (nSPS) is 10.7. The number of benzene rings is 4. The van der Waals surface area contributed by atoms with Crippen LogP contribution in [0.3, 0.4) is 0 Å². The van der Waals surface area contributed by atoms with Crippen molar-refractivity contribution in [3.8, 4) is 0 Å². The van der Waals surface area contributed by atoms with Crippen LogP contribution in [-0.2, 0) is 23.2 Å². The first-order valence-corrected chi connectivity index (χ1v) is 19.3. The lowest BCUT2D eigenvalue weighted by atomic mass is 10.1. The van der Waals surface area contributed by atoms with Gasteiger partial charge in [-0.3, -0.25) is 19.2 Å². The van der Waals surface area contributed by atoms with E-state index in [4.69, 9.17) is 0 Å². The number of carbonyl (C=O) groups excluding carboxylic acids is 4. The minimum Gasteiger partial charge on any atom is -0.744 e. The van der Waals surface area contributed by atoms with Gasteiger partial charge in [0.1, 0.15) is 34.6 Å². The lowest BCUT2D eigenvalue weighted by Gasteiger charge is -2.09. The van der Waals surface area contributed by atoms with Crippen molar-refractivity contribution in [3.63, 3.8) is 0 Å². The molecule has 14 heteroatoms. The monoisotopic (exact) mass is 785 g/mol. The fourth-order valence-electron chi connectivity index (χ4n) is 5.29. The average molecular weight is 786 g/mol. The molecule has 4 aromatic carbocycles. The summed E-state index contributed by atoms with van der Waals surface area (Å²) in [5.41, 5.74) is 5.00. The summed E-state index contributed by atoms with van der Waals surface area (Å²) in [4.78, 5) is 50.7. The van der Waals surface area contributed by atoms with Crippen LogP contribution in [0.4, 0.5) is 22.7 Å². The van der Waals surface area contributed by atoms with Crippen LogP contribution in [-0.4, -0.2) is 36.6 Å². The zero-order valence-corrected chi connectivity index (χ0v) is 32.2. The summed E-state index contributed by atoms with van der Waals surface area (Å²) in [5.74, 6) is -1.22. The van der Waals surface area contributed by atoms with Gasteiger partial charge in [-0.15, -0.1) is 0 Å². The number of aryl methyl sites for hydroxylation is 3. The molecule has 0 saturated carbocycles. The van der Waals surface area contributed by atoms with Crippen LogP contribution in [0.15, 0.2) is 151 Å². The third-order valence-electron chi connectivity index (χ3n) is 8.49. The second-order valence-corrected chi connectivity index (χ2v) is 14.0. The summed E-state index contributed by atoms with van der Waals surface area (Å²) in [6.45, 7) is 7.44. The highest BCUT2D eigenvalue weighted by Crippen LogP contribution is 2.17. The van der Waals surface area contributed by atoms with Gasteiger partial charge in [-0.25, -0.2) is 17.6 Å². The SMILES string of the molecule is CC[n+]1cccc(NC(=O)c2ccc(NC(=O)c3ccc(C(=O)Nc4ccc(C(=O)Nc5ccc[n+](CC)c5)cc4)cc3)cc2)c1.Cc1ccc(S(=O)(=O)[O-])cc1. The molecule has 0 saturated heterocycles. The molecule has 6 aromatic rings. The molecule has 290 valence electrons. The van der Waals surface area contributed by atoms with E-state index in [1.165, 1.54) is 12.1 Å². The Morgan fingerprint density at radius 3 is 1.12 bits per heavy atom. The minimum atomic E-state index is -4.27. The van der Waals surface area contributed by atoms with Crippen molar-refractivity contribution in [3.05, 3.63) is 174 Å². The van der Waals surface area contributed by atoms with E-state index in [1.54, 1.807) is 84.9 Å². The summed E-state index contributed by atoms with van der Waals surface area (Å²) in [6, 6.07) is 32.6. The highest BCUT2D eigenvalue weighted by Gasteiger charge is 2.13. The number of hydrogen-bond acceptors (Lipinski definition) is 7. The zero-order chi connectivity index (χ0) is 41.0. The maximum atomic E-state index is 12.8. The number of nitrogens with zero attached hydrogens (tertiary/aromatic N) is 2. The van der Waals surface area contributed by atoms with Crippen molar-refractivity contribution in [1.82, 2.24) is 0 Å². The van der Waals surface area contributed by atoms with Crippen LogP contribution in [0.25, 0.3) is 0 Å². The lowest BCUT2D eigenvalue weighted by molar-refractivity contribution is -0.693. The van der Waals surface area contributed by atoms with E-state index in [0.717, 1.165) is 18.7 Å². The topological polar surface area (TPSA) is 181 Å². The smallest absolute Gasteiger partial charge is 0.255 e. The first-order chi connectivity index (χ1) is 27.3. The number of aromatic nitrogens is 2. The van der Waals surface area contributed by atoms with Crippen LogP contribution in [0.2, 0.25) is 0 Å². The zero-order valence-electron chi connectivity index (χ0n) is 31.4. The number of nitrogens with one attached hydrogen (secondary N) is 4. The number of amides is 4. The molecule has 0 bridgehead atoms. The van der Waals surface area contributed by atoms with E-state index in [0.29, 0.717) is 45.0 Å². The molecule has 4 amide bonds. The highest BCUT2D eigenvalue weighted by molar-refractivity contribution is 7.85. The molecule has 2 heterocycles. The Morgan fingerprint density at radius 1 is 0.491 bits per heavy atom. The molecule has 0 spiro atoms. The van der Waals surface area contributed by atoms with E-state index >= 15 is 0 Å². The number of hydrogen-bond donors (Lipinski definition) is 4. The summed E-state index contributed by atoms with van der Waals surface area (Å²) in [6.07, 6.45) is 7.56. The Kier molecular flexibility index (Phi) is 13.7. The van der Waals surface area contributed by atoms with Gasteiger partial charge in [-0.2, -0.15) is 0 Å². The molecule has 0 aliphatic heterocycles. The fraction of sp³-hybridized carbons (Fsp3) is 0.116. The van der Waals surface area contributed by atoms with E-state index in [2.05, 4.69) is 21.3 Å². The van der Waals surface area contributed by atoms with Gasteiger partial charge in [0, 0.05) is 45.8 Å². The molecular formula is C43H41N6O7S+. The predicted octanol–water partition coefficient (Wildman–Crippen LogP) is 6.21. The largest absolute Gasteiger partial charge is 0.744 e. The van der Waals surface area contributed by atoms with Crippen molar-refractivity contribution < 1.29 is 41.3 Å². The summed E-state index contributed by atoms with van der Waals surface area (Å²) >= 11 is 0. The van der Waals surface area contributed by atoms with Gasteiger partial charge < -0.3 is 25.8 Å². The maximum absolute atomic E-state index is 12.8. The molecule has 57 heavy (non-hydrogen) atoms. The minimum absolute atomic E-state index is 0.178. The third kappa shape index (κ3) is 12.0. The summed E-state index contributed by atoms with van der Waals surface area (Å²) in [7, 11) is -4.27. The average Bonchev–Trinajstić information content (AvgIpc) is 3.21. The van der Waals surface area contributed by atoms with Crippen LogP contribution in [0, 0.1) is 6.92 Å². The van der Waals surface area contributed by atoms with E-state index < -0.39 is 10.1 Å². The Balaban J connectivity index is 0.000000486. The number of pyridine rings is 2. The van der Waals surface area contributed by atoms with Gasteiger partial charge in [0.05, 0.1) is 4.90 Å². The quantitative estimate of drug-likeness (QED) is 0.0890. The summed E-state index contributed by atoms with van der Waals surface area (Å²) in [5, 5.41) is 11.3. The summed E-state index contributed by atoms with van der Waals surface area (Å²) < 4.78 is 35.1. The number of carbonyl (C=O) groups is 4. The molecule has 0 atom stereocenters. The van der Waals surface area contributed by atoms with Gasteiger partial charge in [0.15, 0.2) is 24.8 Å². The Bertz CT molecular complexity index is 2340. The second kappa shape index (κ2) is 19.0. The molecule has 4 N–H and O–H groups in total. The Labute approximate surface area is 330 Å². The van der Waals surface area contributed by atoms with E-state index in [9.17, 15) is 32.1 Å². The van der Waals surface area contributed by atoms with E-state index in [-0.39, 0.29) is 28.5 Å². The molecule has 0 radical (unpaired) electrons. The molecule has 0 unspecified atom stereocenters. The Morgan fingerprint density at radius 2 is 0.807 bits per heavy atom. The van der Waals surface area contributed by atoms with Gasteiger partial charge in [0.2, 0.25) is 0 Å². The second-order valence-electron chi connectivity index (χ2n) is 12.7. The van der Waals surface area contributed by atoms with Crippen molar-refractivity contribution >= 4 is 56.5 Å². The van der Waals surface area contributed by atoms with Gasteiger partial charge in [0.25, 0.3) is 23.6 Å². The molecular weight excluding hydrogens is 745 g/mol. The molecule has 0 aliphatic carbocycles. The highest BCUT2D eigenvalue weighted by atomic mass is 32.2. The predicted molar refractivity (Wildman–Crippen MR) is 215 cm³/mol. The molecule has 0 aliphatic rings. The van der Waals surface area contributed by atoms with Crippen molar-refractivity contribution in [2.75, 3.05) is 21.3 Å². The van der Waals surface area contributed by atoms with Crippen molar-refractivity contribution in [2.45, 2.75) is 38.8 Å². The van der Waals surface area contributed by atoms with Crippen LogP contribution >= 0.6 is 0 Å². The van der Waals surface area contributed by atoms with E-state index in [1.807, 2.05) is 79.0 Å². The lowest BCUT2D eigenvalue weighted by Crippen LogP contribution is -2.31. The fourth-order valence-corrected chi connectivity index (χ4v) is 5.76. The first-order valence-electron chi connectivity index (χ1n) is 17.9. The number of anilines is 4. The van der Waals surface area contributed by atoms with Crippen LogP contribution in [0.5, 0.6) is 0 Å². The Hall–Kier alpha value is -7.03. The molecule has 13 nitrogen and oxygen atoms in total. The van der Waals surface area contributed by atoms with Crippen molar-refractivity contribution in [1.29, 1.82) is 0 Å².